The molecule has 2 heterocycles. The zero-order chi connectivity index (χ0) is 16.6. The molecule has 0 saturated heterocycles. The lowest BCUT2D eigenvalue weighted by atomic mass is 9.72. The van der Waals surface area contributed by atoms with Gasteiger partial charge in [0.2, 0.25) is 0 Å². The number of hydrogen-bond acceptors (Lipinski definition) is 4. The molecule has 1 atom stereocenters. The molecule has 3 rings (SSSR count). The van der Waals surface area contributed by atoms with E-state index in [9.17, 15) is 9.59 Å². The van der Waals surface area contributed by atoms with Crippen LogP contribution in [0.3, 0.4) is 0 Å². The summed E-state index contributed by atoms with van der Waals surface area (Å²) >= 11 is 1.53. The Bertz CT molecular complexity index is 722. The monoisotopic (exact) mass is 331 g/mol. The highest BCUT2D eigenvalue weighted by Gasteiger charge is 2.32. The van der Waals surface area contributed by atoms with E-state index in [0.29, 0.717) is 16.5 Å². The van der Waals surface area contributed by atoms with Crippen LogP contribution in [-0.2, 0) is 12.8 Å². The van der Waals surface area contributed by atoms with E-state index >= 15 is 0 Å². The summed E-state index contributed by atoms with van der Waals surface area (Å²) < 4.78 is 5.11. The molecule has 1 unspecified atom stereocenters. The lowest BCUT2D eigenvalue weighted by molar-refractivity contribution is 0.0997. The van der Waals surface area contributed by atoms with E-state index in [1.54, 1.807) is 12.1 Å². The van der Waals surface area contributed by atoms with Crippen LogP contribution >= 0.6 is 11.3 Å². The quantitative estimate of drug-likeness (QED) is 0.839. The summed E-state index contributed by atoms with van der Waals surface area (Å²) in [5.74, 6) is 0.534. The van der Waals surface area contributed by atoms with Crippen LogP contribution in [0, 0.1) is 11.3 Å². The van der Waals surface area contributed by atoms with Gasteiger partial charge in [-0.05, 0) is 48.3 Å². The third-order valence-corrected chi connectivity index (χ3v) is 5.81. The fourth-order valence-corrected chi connectivity index (χ4v) is 4.43. The van der Waals surface area contributed by atoms with Crippen LogP contribution in [0.4, 0.5) is 5.00 Å². The van der Waals surface area contributed by atoms with Gasteiger partial charge in [-0.25, -0.2) is 0 Å². The molecule has 1 aliphatic rings. The predicted octanol–water partition coefficient (Wildman–Crippen LogP) is 4.56. The van der Waals surface area contributed by atoms with Crippen molar-refractivity contribution < 1.29 is 14.0 Å². The molecule has 5 heteroatoms. The van der Waals surface area contributed by atoms with E-state index < -0.39 is 0 Å². The summed E-state index contributed by atoms with van der Waals surface area (Å²) in [5, 5.41) is 3.47. The Labute approximate surface area is 139 Å². The molecule has 122 valence electrons. The first kappa shape index (κ1) is 16.0. The average molecular weight is 331 g/mol. The molecule has 0 aliphatic heterocycles. The maximum absolute atomic E-state index is 12.2. The number of amides is 1. The summed E-state index contributed by atoms with van der Waals surface area (Å²) in [5.41, 5.74) is 2.00. The van der Waals surface area contributed by atoms with Crippen LogP contribution in [0.15, 0.2) is 22.8 Å². The van der Waals surface area contributed by atoms with E-state index in [1.807, 2.05) is 0 Å². The van der Waals surface area contributed by atoms with Crippen molar-refractivity contribution in [2.75, 3.05) is 5.32 Å². The van der Waals surface area contributed by atoms with Gasteiger partial charge in [0.15, 0.2) is 12.0 Å². The van der Waals surface area contributed by atoms with Crippen molar-refractivity contribution in [3.63, 3.8) is 0 Å². The minimum absolute atomic E-state index is 0.251. The first-order valence-electron chi connectivity index (χ1n) is 7.84. The van der Waals surface area contributed by atoms with Crippen molar-refractivity contribution in [1.29, 1.82) is 0 Å². The molecular formula is C18H21NO3S. The second kappa shape index (κ2) is 5.96. The van der Waals surface area contributed by atoms with Crippen LogP contribution in [0.5, 0.6) is 0 Å². The number of hydrogen-bond donors (Lipinski definition) is 1. The molecule has 4 nitrogen and oxygen atoms in total. The van der Waals surface area contributed by atoms with E-state index in [2.05, 4.69) is 26.1 Å². The number of aldehydes is 1. The van der Waals surface area contributed by atoms with Crippen molar-refractivity contribution in [3.05, 3.63) is 40.2 Å². The van der Waals surface area contributed by atoms with Gasteiger partial charge in [0, 0.05) is 4.88 Å². The molecule has 1 N–H and O–H groups in total. The van der Waals surface area contributed by atoms with Crippen molar-refractivity contribution in [1.82, 2.24) is 0 Å². The molecule has 1 amide bonds. The Kier molecular flexibility index (Phi) is 4.15. The number of rotatable bonds is 3. The number of nitrogens with one attached hydrogen (secondary N) is 1. The molecule has 0 saturated carbocycles. The smallest absolute Gasteiger partial charge is 0.291 e. The topological polar surface area (TPSA) is 59.3 Å². The average Bonchev–Trinajstić information content (AvgIpc) is 3.12. The first-order chi connectivity index (χ1) is 10.9. The third kappa shape index (κ3) is 3.11. The lowest BCUT2D eigenvalue weighted by Gasteiger charge is -2.33. The molecule has 0 fully saturated rings. The van der Waals surface area contributed by atoms with Crippen molar-refractivity contribution in [3.8, 4) is 0 Å². The minimum Gasteiger partial charge on any atom is -0.459 e. The van der Waals surface area contributed by atoms with Crippen LogP contribution < -0.4 is 5.32 Å². The number of anilines is 1. The van der Waals surface area contributed by atoms with Crippen LogP contribution in [0.25, 0.3) is 0 Å². The van der Waals surface area contributed by atoms with Crippen molar-refractivity contribution >= 4 is 28.5 Å². The van der Waals surface area contributed by atoms with Gasteiger partial charge in [-0.15, -0.1) is 11.3 Å². The van der Waals surface area contributed by atoms with Crippen LogP contribution in [-0.4, -0.2) is 12.2 Å². The highest BCUT2D eigenvalue weighted by atomic mass is 32.1. The summed E-state index contributed by atoms with van der Waals surface area (Å²) in [6, 6.07) is 3.28. The third-order valence-electron chi connectivity index (χ3n) is 4.62. The highest BCUT2D eigenvalue weighted by molar-refractivity contribution is 7.17. The van der Waals surface area contributed by atoms with Crippen LogP contribution in [0.1, 0.15) is 58.5 Å². The van der Waals surface area contributed by atoms with Gasteiger partial charge in [-0.3, -0.25) is 9.59 Å². The first-order valence-corrected chi connectivity index (χ1v) is 8.66. The SMILES string of the molecule is CC(C)(C)C1CCc2c(sc(NC(=O)c3ccco3)c2C=O)C1. The predicted molar refractivity (Wildman–Crippen MR) is 91.3 cm³/mol. The fourth-order valence-electron chi connectivity index (χ4n) is 3.14. The van der Waals surface area contributed by atoms with Crippen molar-refractivity contribution in [2.45, 2.75) is 40.0 Å². The van der Waals surface area contributed by atoms with E-state index in [1.165, 1.54) is 22.5 Å². The summed E-state index contributed by atoms with van der Waals surface area (Å²) in [6.45, 7) is 6.78. The minimum atomic E-state index is -0.316. The van der Waals surface area contributed by atoms with E-state index in [-0.39, 0.29) is 17.1 Å². The Balaban J connectivity index is 1.87. The molecule has 23 heavy (non-hydrogen) atoms. The Morgan fingerprint density at radius 3 is 2.83 bits per heavy atom. The lowest BCUT2D eigenvalue weighted by Crippen LogP contribution is -2.26. The second-order valence-electron chi connectivity index (χ2n) is 7.10. The maximum Gasteiger partial charge on any atom is 0.291 e. The highest BCUT2D eigenvalue weighted by Crippen LogP contribution is 2.43. The molecule has 0 aromatic carbocycles. The summed E-state index contributed by atoms with van der Waals surface area (Å²) in [7, 11) is 0. The van der Waals surface area contributed by atoms with Crippen LogP contribution in [0.2, 0.25) is 0 Å². The molecule has 1 aliphatic carbocycles. The summed E-state index contributed by atoms with van der Waals surface area (Å²) in [4.78, 5) is 24.9. The van der Waals surface area contributed by atoms with Gasteiger partial charge in [0.1, 0.15) is 5.00 Å². The molecule has 0 spiro atoms. The van der Waals surface area contributed by atoms with Gasteiger partial charge in [0.05, 0.1) is 11.8 Å². The summed E-state index contributed by atoms with van der Waals surface area (Å²) in [6.07, 6.45) is 5.28. The molecule has 0 radical (unpaired) electrons. The number of furan rings is 1. The van der Waals surface area contributed by atoms with E-state index in [0.717, 1.165) is 31.1 Å². The van der Waals surface area contributed by atoms with Gasteiger partial charge in [-0.2, -0.15) is 0 Å². The number of fused-ring (bicyclic) bond motifs is 1. The Hall–Kier alpha value is -1.88. The molecular weight excluding hydrogens is 310 g/mol. The fraction of sp³-hybridized carbons (Fsp3) is 0.444. The largest absolute Gasteiger partial charge is 0.459 e. The molecule has 0 bridgehead atoms. The molecule has 2 aromatic heterocycles. The Morgan fingerprint density at radius 1 is 1.43 bits per heavy atom. The van der Waals surface area contributed by atoms with Gasteiger partial charge < -0.3 is 9.73 Å². The van der Waals surface area contributed by atoms with Crippen molar-refractivity contribution in [2.24, 2.45) is 11.3 Å². The Morgan fingerprint density at radius 2 is 2.22 bits per heavy atom. The van der Waals surface area contributed by atoms with Gasteiger partial charge in [-0.1, -0.05) is 20.8 Å². The number of thiophene rings is 1. The zero-order valence-electron chi connectivity index (χ0n) is 13.6. The number of carbonyl (C=O) groups is 2. The van der Waals surface area contributed by atoms with E-state index in [4.69, 9.17) is 4.42 Å². The normalized spacial score (nSPS) is 17.6. The van der Waals surface area contributed by atoms with Gasteiger partial charge >= 0.3 is 0 Å². The maximum atomic E-state index is 12.2. The zero-order valence-corrected chi connectivity index (χ0v) is 14.5. The molecule has 2 aromatic rings. The number of carbonyl (C=O) groups excluding carboxylic acids is 2. The van der Waals surface area contributed by atoms with Gasteiger partial charge in [0.25, 0.3) is 5.91 Å². The second-order valence-corrected chi connectivity index (χ2v) is 8.21. The standard InChI is InChI=1S/C18H21NO3S/c1-18(2,3)11-6-7-12-13(10-20)17(23-15(12)9-11)19-16(21)14-5-4-8-22-14/h4-5,8,10-11H,6-7,9H2,1-3H3,(H,19,21).